The number of aromatic nitrogens is 4. The molecule has 24 heteroatoms. The first kappa shape index (κ1) is 44.0. The van der Waals surface area contributed by atoms with E-state index in [0.717, 1.165) is 35.4 Å². The fourth-order valence-corrected chi connectivity index (χ4v) is 7.78. The second-order valence-corrected chi connectivity index (χ2v) is 17.3. The van der Waals surface area contributed by atoms with E-state index >= 15 is 0 Å². The van der Waals surface area contributed by atoms with Gasteiger partial charge in [0.2, 0.25) is 0 Å². The summed E-state index contributed by atoms with van der Waals surface area (Å²) in [7, 11) is -8.80. The number of fused-ring (bicyclic) bond motifs is 2. The third-order valence-electron chi connectivity index (χ3n) is 9.58. The molecule has 2 atom stereocenters. The monoisotopic (exact) mass is 908 g/mol. The largest absolute Gasteiger partial charge is 0.382 e. The van der Waals surface area contributed by atoms with Crippen molar-refractivity contribution in [1.82, 2.24) is 29.6 Å². The van der Waals surface area contributed by atoms with E-state index in [9.17, 15) is 56.9 Å². The third-order valence-corrected chi connectivity index (χ3v) is 12.0. The molecular formula is C40H32N10O12S2. The number of H-pyrrole nitrogens is 2. The zero-order chi connectivity index (χ0) is 46.1. The molecule has 0 aliphatic carbocycles. The number of nitrogens with zero attached hydrogens (tertiary/aromatic N) is 6. The summed E-state index contributed by atoms with van der Waals surface area (Å²) in [6.45, 7) is 3.48. The molecule has 0 saturated heterocycles. The molecule has 64 heavy (non-hydrogen) atoms. The smallest absolute Gasteiger partial charge is 0.276 e. The minimum Gasteiger partial charge on any atom is -0.382 e. The number of aliphatic hydroxyl groups excluding tert-OH is 2. The van der Waals surface area contributed by atoms with Gasteiger partial charge >= 0.3 is 0 Å². The Labute approximate surface area is 360 Å². The summed E-state index contributed by atoms with van der Waals surface area (Å²) in [6, 6.07) is 23.1. The maximum Gasteiger partial charge on any atom is 0.276 e. The summed E-state index contributed by atoms with van der Waals surface area (Å²) in [6.07, 6.45) is -3.86. The number of aryl methyl sites for hydroxylation is 2. The Kier molecular flexibility index (Phi) is 11.9. The van der Waals surface area contributed by atoms with Gasteiger partial charge in [0.05, 0.1) is 41.7 Å². The molecule has 0 aliphatic rings. The number of nitro benzene ring substituents is 2. The van der Waals surface area contributed by atoms with E-state index in [4.69, 9.17) is 0 Å². The molecule has 2 heterocycles. The van der Waals surface area contributed by atoms with Gasteiger partial charge in [0.15, 0.2) is 11.4 Å². The van der Waals surface area contributed by atoms with Crippen molar-refractivity contribution in [2.75, 3.05) is 0 Å². The summed E-state index contributed by atoms with van der Waals surface area (Å²) >= 11 is 0. The molecule has 0 aliphatic heterocycles. The number of rotatable bonds is 14. The zero-order valence-electron chi connectivity index (χ0n) is 33.0. The van der Waals surface area contributed by atoms with Crippen LogP contribution in [0.25, 0.3) is 22.1 Å². The Bertz CT molecular complexity index is 3190. The Morgan fingerprint density at radius 1 is 0.594 bits per heavy atom. The van der Waals surface area contributed by atoms with Gasteiger partial charge in [0.1, 0.15) is 23.6 Å². The minimum atomic E-state index is -4.40. The number of hydrazone groups is 2. The van der Waals surface area contributed by atoms with Crippen LogP contribution in [0.1, 0.15) is 45.8 Å². The Hall–Kier alpha value is -8.06. The summed E-state index contributed by atoms with van der Waals surface area (Å²) in [5, 5.41) is 54.1. The maximum atomic E-state index is 13.5. The number of aromatic amines is 2. The van der Waals surface area contributed by atoms with Gasteiger partial charge in [-0.05, 0) is 61.4 Å². The first-order valence-corrected chi connectivity index (χ1v) is 21.4. The average Bonchev–Trinajstić information content (AvgIpc) is 3.26. The van der Waals surface area contributed by atoms with Gasteiger partial charge in [-0.3, -0.25) is 29.8 Å². The SMILES string of the molecule is Cc1ccc(S(=O)(=O)NN=C(c2nc3ccc([N+](=O)[O-])cc3[nH]c2=O)[C@H](O)c2ccc([C@@H](O)C(=NNS(=O)(=O)c3ccc(C)cc3)c3nc4ccc([N+](=O)[O-])cc4[nH]c3=O)cc2)cc1. The van der Waals surface area contributed by atoms with Crippen LogP contribution in [-0.4, -0.2) is 68.3 Å². The van der Waals surface area contributed by atoms with Gasteiger partial charge < -0.3 is 20.2 Å². The van der Waals surface area contributed by atoms with Gasteiger partial charge in [-0.2, -0.15) is 36.7 Å². The first-order valence-electron chi connectivity index (χ1n) is 18.5. The summed E-state index contributed by atoms with van der Waals surface area (Å²) in [5.74, 6) is 0. The van der Waals surface area contributed by atoms with Crippen molar-refractivity contribution in [2.45, 2.75) is 35.8 Å². The van der Waals surface area contributed by atoms with E-state index in [1.807, 2.05) is 9.66 Å². The molecule has 5 aromatic carbocycles. The van der Waals surface area contributed by atoms with E-state index in [0.29, 0.717) is 0 Å². The van der Waals surface area contributed by atoms with Crippen molar-refractivity contribution >= 4 is 64.9 Å². The first-order chi connectivity index (χ1) is 30.3. The highest BCUT2D eigenvalue weighted by Crippen LogP contribution is 2.25. The zero-order valence-corrected chi connectivity index (χ0v) is 34.7. The third kappa shape index (κ3) is 9.24. The quantitative estimate of drug-likeness (QED) is 0.0518. The highest BCUT2D eigenvalue weighted by molar-refractivity contribution is 7.89. The van der Waals surface area contributed by atoms with E-state index in [1.54, 1.807) is 13.8 Å². The molecule has 0 saturated carbocycles. The average molecular weight is 909 g/mol. The van der Waals surface area contributed by atoms with Gasteiger partial charge in [-0.15, -0.1) is 0 Å². The van der Waals surface area contributed by atoms with Crippen LogP contribution in [-0.2, 0) is 20.0 Å². The van der Waals surface area contributed by atoms with E-state index < -0.39 is 76.0 Å². The number of non-ortho nitro benzene ring substituents is 2. The number of aliphatic hydroxyl groups is 2. The molecule has 0 unspecified atom stereocenters. The minimum absolute atomic E-state index is 0.0142. The number of benzene rings is 5. The van der Waals surface area contributed by atoms with Gasteiger partial charge in [0.25, 0.3) is 42.5 Å². The molecule has 0 radical (unpaired) electrons. The van der Waals surface area contributed by atoms with Crippen molar-refractivity contribution in [3.63, 3.8) is 0 Å². The molecule has 7 rings (SSSR count). The van der Waals surface area contributed by atoms with Crippen molar-refractivity contribution in [3.8, 4) is 0 Å². The molecule has 0 spiro atoms. The van der Waals surface area contributed by atoms with Crippen molar-refractivity contribution < 1.29 is 36.9 Å². The van der Waals surface area contributed by atoms with Crippen LogP contribution < -0.4 is 20.8 Å². The molecule has 326 valence electrons. The van der Waals surface area contributed by atoms with Crippen LogP contribution in [0.4, 0.5) is 11.4 Å². The van der Waals surface area contributed by atoms with Crippen LogP contribution in [0.5, 0.6) is 0 Å². The molecule has 0 amide bonds. The van der Waals surface area contributed by atoms with E-state index in [1.165, 1.54) is 84.9 Å². The molecule has 2 aromatic heterocycles. The lowest BCUT2D eigenvalue weighted by Crippen LogP contribution is -2.30. The van der Waals surface area contributed by atoms with Gasteiger partial charge in [0, 0.05) is 24.3 Å². The molecule has 6 N–H and O–H groups in total. The highest BCUT2D eigenvalue weighted by Gasteiger charge is 2.28. The molecular weight excluding hydrogens is 877 g/mol. The molecule has 0 fully saturated rings. The number of hydrogen-bond donors (Lipinski definition) is 6. The van der Waals surface area contributed by atoms with E-state index in [-0.39, 0.29) is 54.4 Å². The second-order valence-electron chi connectivity index (χ2n) is 14.0. The standard InChI is InChI=1S/C40H32N10O12S2/c1-21-3-13-27(14-4-21)63(59,60)47-45-33(35-39(53)43-31-19-25(49(55)56)11-17-29(31)41-35)37(51)23-7-9-24(10-8-23)38(52)34(46-48-64(61,62)28-15-5-22(2)6-16-28)36-40(54)44-32-20-26(50(57)58)12-18-30(32)42-36/h3-20,37-38,47-48,51-52H,1-2H3,(H,43,53)(H,44,54)/t37-,38-/m1/s1. The fraction of sp³-hybridized carbons (Fsp3) is 0.100. The Morgan fingerprint density at radius 2 is 0.938 bits per heavy atom. The fourth-order valence-electron chi connectivity index (χ4n) is 6.15. The van der Waals surface area contributed by atoms with Crippen LogP contribution >= 0.6 is 0 Å². The molecule has 22 nitrogen and oxygen atoms in total. The van der Waals surface area contributed by atoms with Gasteiger partial charge in [-0.25, -0.2) is 9.97 Å². The predicted molar refractivity (Wildman–Crippen MR) is 230 cm³/mol. The molecule has 7 aromatic rings. The second kappa shape index (κ2) is 17.4. The van der Waals surface area contributed by atoms with Crippen molar-refractivity contribution in [2.24, 2.45) is 10.2 Å². The van der Waals surface area contributed by atoms with Crippen molar-refractivity contribution in [1.29, 1.82) is 0 Å². The highest BCUT2D eigenvalue weighted by atomic mass is 32.2. The normalized spacial score (nSPS) is 13.4. The lowest BCUT2D eigenvalue weighted by molar-refractivity contribution is -0.384. The summed E-state index contributed by atoms with van der Waals surface area (Å²) < 4.78 is 53.1. The Balaban J connectivity index is 1.29. The maximum absolute atomic E-state index is 13.5. The number of sulfonamides is 2. The van der Waals surface area contributed by atoms with Crippen LogP contribution in [0.15, 0.2) is 139 Å². The van der Waals surface area contributed by atoms with Crippen LogP contribution in [0.2, 0.25) is 0 Å². The number of hydrogen-bond acceptors (Lipinski definition) is 16. The lowest BCUT2D eigenvalue weighted by atomic mass is 9.97. The Morgan fingerprint density at radius 3 is 1.27 bits per heavy atom. The summed E-state index contributed by atoms with van der Waals surface area (Å²) in [5.41, 5.74) is -3.79. The predicted octanol–water partition coefficient (Wildman–Crippen LogP) is 3.43. The lowest BCUT2D eigenvalue weighted by Gasteiger charge is -2.17. The van der Waals surface area contributed by atoms with Crippen LogP contribution in [0.3, 0.4) is 0 Å². The van der Waals surface area contributed by atoms with Gasteiger partial charge in [-0.1, -0.05) is 59.7 Å². The molecule has 0 bridgehead atoms. The summed E-state index contributed by atoms with van der Waals surface area (Å²) in [4.78, 5) is 65.2. The topological polar surface area (TPSA) is 335 Å². The number of nitro groups is 2. The van der Waals surface area contributed by atoms with E-state index in [2.05, 4.69) is 30.1 Å². The van der Waals surface area contributed by atoms with Crippen molar-refractivity contribution in [3.05, 3.63) is 184 Å². The number of nitrogens with one attached hydrogen (secondary N) is 4. The van der Waals surface area contributed by atoms with Crippen LogP contribution in [0, 0.1) is 34.1 Å².